The highest BCUT2D eigenvalue weighted by molar-refractivity contribution is 6.62. The van der Waals surface area contributed by atoms with Gasteiger partial charge < -0.3 is 9.31 Å². The molecule has 21 heavy (non-hydrogen) atoms. The fourth-order valence-corrected chi connectivity index (χ4v) is 3.01. The molecule has 1 heterocycles. The predicted octanol–water partition coefficient (Wildman–Crippen LogP) is 2.75. The van der Waals surface area contributed by atoms with Crippen LogP contribution in [0.1, 0.15) is 57.5 Å². The second-order valence-electron chi connectivity index (χ2n) is 7.89. The van der Waals surface area contributed by atoms with Crippen molar-refractivity contribution >= 4 is 18.4 Å². The minimum atomic E-state index is -0.406. The van der Waals surface area contributed by atoms with Crippen molar-refractivity contribution < 1.29 is 14.1 Å². The first-order chi connectivity index (χ1) is 9.53. The molecular weight excluding hydrogens is 263 g/mol. The lowest BCUT2D eigenvalue weighted by atomic mass is 9.78. The summed E-state index contributed by atoms with van der Waals surface area (Å²) in [6.45, 7) is 12.2. The number of carbonyl (C=O) groups excluding carboxylic acids is 1. The number of hydrogen-bond donors (Lipinski definition) is 0. The van der Waals surface area contributed by atoms with Crippen LogP contribution in [0, 0.1) is 5.41 Å². The van der Waals surface area contributed by atoms with Crippen LogP contribution in [0.5, 0.6) is 0 Å². The quantitative estimate of drug-likeness (QED) is 0.745. The van der Waals surface area contributed by atoms with Gasteiger partial charge in [0.25, 0.3) is 0 Å². The van der Waals surface area contributed by atoms with E-state index in [9.17, 15) is 4.79 Å². The maximum atomic E-state index is 12.5. The zero-order valence-corrected chi connectivity index (χ0v) is 13.7. The van der Waals surface area contributed by atoms with Crippen LogP contribution in [0.25, 0.3) is 0 Å². The molecule has 0 radical (unpaired) electrons. The lowest BCUT2D eigenvalue weighted by Gasteiger charge is -2.32. The fourth-order valence-electron chi connectivity index (χ4n) is 3.01. The van der Waals surface area contributed by atoms with Crippen LogP contribution < -0.4 is 5.46 Å². The Labute approximate surface area is 127 Å². The molecule has 1 aromatic carbocycles. The van der Waals surface area contributed by atoms with Gasteiger partial charge in [0.15, 0.2) is 5.78 Å². The molecule has 0 spiro atoms. The van der Waals surface area contributed by atoms with Crippen LogP contribution in [0.15, 0.2) is 18.2 Å². The number of fused-ring (bicyclic) bond motifs is 1. The van der Waals surface area contributed by atoms with E-state index in [1.807, 2.05) is 59.7 Å². The molecule has 4 heteroatoms. The van der Waals surface area contributed by atoms with Crippen LogP contribution in [-0.4, -0.2) is 24.1 Å². The van der Waals surface area contributed by atoms with E-state index in [4.69, 9.17) is 9.31 Å². The van der Waals surface area contributed by atoms with Gasteiger partial charge >= 0.3 is 7.12 Å². The van der Waals surface area contributed by atoms with Gasteiger partial charge in [-0.2, -0.15) is 0 Å². The standard InChI is InChI=1S/C17H23BO3/c1-15(2)10-11-7-8-12(9-13(11)14(15)19)18-20-16(3,4)17(5,6)21-18/h7-9H,10H2,1-6H3. The average molecular weight is 286 g/mol. The minimum absolute atomic E-state index is 0.218. The molecule has 3 rings (SSSR count). The van der Waals surface area contributed by atoms with E-state index in [0.29, 0.717) is 0 Å². The summed E-state index contributed by atoms with van der Waals surface area (Å²) in [5, 5.41) is 0. The van der Waals surface area contributed by atoms with Gasteiger partial charge in [-0.1, -0.05) is 32.0 Å². The Hall–Kier alpha value is -1.13. The highest BCUT2D eigenvalue weighted by Gasteiger charge is 2.52. The van der Waals surface area contributed by atoms with Gasteiger partial charge in [0.05, 0.1) is 11.2 Å². The van der Waals surface area contributed by atoms with E-state index in [0.717, 1.165) is 23.0 Å². The molecule has 1 aliphatic heterocycles. The van der Waals surface area contributed by atoms with E-state index in [-0.39, 0.29) is 22.4 Å². The smallest absolute Gasteiger partial charge is 0.399 e. The van der Waals surface area contributed by atoms with Gasteiger partial charge in [0, 0.05) is 11.0 Å². The van der Waals surface area contributed by atoms with Crippen LogP contribution >= 0.6 is 0 Å². The van der Waals surface area contributed by atoms with Gasteiger partial charge in [0.2, 0.25) is 0 Å². The van der Waals surface area contributed by atoms with Crippen molar-refractivity contribution in [1.82, 2.24) is 0 Å². The molecule has 0 atom stereocenters. The molecule has 1 aliphatic carbocycles. The number of ketones is 1. The van der Waals surface area contributed by atoms with Gasteiger partial charge in [-0.15, -0.1) is 0 Å². The molecule has 3 nitrogen and oxygen atoms in total. The largest absolute Gasteiger partial charge is 0.494 e. The summed E-state index contributed by atoms with van der Waals surface area (Å²) in [6.07, 6.45) is 0.810. The normalized spacial score (nSPS) is 25.2. The van der Waals surface area contributed by atoms with Crippen molar-refractivity contribution in [2.24, 2.45) is 5.41 Å². The topological polar surface area (TPSA) is 35.5 Å². The van der Waals surface area contributed by atoms with E-state index < -0.39 is 7.12 Å². The lowest BCUT2D eigenvalue weighted by molar-refractivity contribution is 0.00578. The van der Waals surface area contributed by atoms with E-state index in [2.05, 4.69) is 0 Å². The zero-order chi connectivity index (χ0) is 15.6. The van der Waals surface area contributed by atoms with Crippen molar-refractivity contribution in [3.8, 4) is 0 Å². The zero-order valence-electron chi connectivity index (χ0n) is 13.7. The molecule has 1 saturated heterocycles. The monoisotopic (exact) mass is 286 g/mol. The number of carbonyl (C=O) groups is 1. The van der Waals surface area contributed by atoms with Crippen molar-refractivity contribution in [3.63, 3.8) is 0 Å². The molecule has 0 saturated carbocycles. The molecule has 1 fully saturated rings. The highest BCUT2D eigenvalue weighted by Crippen LogP contribution is 2.38. The number of benzene rings is 1. The highest BCUT2D eigenvalue weighted by atomic mass is 16.7. The third-order valence-electron chi connectivity index (χ3n) is 5.15. The molecule has 1 aromatic rings. The summed E-state index contributed by atoms with van der Waals surface area (Å²) in [4.78, 5) is 12.5. The molecule has 0 aromatic heterocycles. The van der Waals surface area contributed by atoms with E-state index >= 15 is 0 Å². The number of Topliss-reactive ketones (excluding diaryl/α,β-unsaturated/α-hetero) is 1. The summed E-state index contributed by atoms with van der Waals surface area (Å²) in [6, 6.07) is 6.02. The van der Waals surface area contributed by atoms with Crippen molar-refractivity contribution in [2.75, 3.05) is 0 Å². The maximum absolute atomic E-state index is 12.5. The first-order valence-electron chi connectivity index (χ1n) is 7.57. The summed E-state index contributed by atoms with van der Waals surface area (Å²) < 4.78 is 12.1. The second-order valence-corrected chi connectivity index (χ2v) is 7.89. The van der Waals surface area contributed by atoms with Crippen molar-refractivity contribution in [3.05, 3.63) is 29.3 Å². The molecule has 0 unspecified atom stereocenters. The SMILES string of the molecule is CC1(C)Cc2ccc(B3OC(C)(C)C(C)(C)O3)cc2C1=O. The van der Waals surface area contributed by atoms with Gasteiger partial charge in [0.1, 0.15) is 0 Å². The van der Waals surface area contributed by atoms with E-state index in [1.165, 1.54) is 0 Å². The Morgan fingerprint density at radius 3 is 2.14 bits per heavy atom. The molecule has 0 N–H and O–H groups in total. The Morgan fingerprint density at radius 2 is 1.57 bits per heavy atom. The van der Waals surface area contributed by atoms with Gasteiger partial charge in [-0.25, -0.2) is 0 Å². The van der Waals surface area contributed by atoms with Crippen molar-refractivity contribution in [1.29, 1.82) is 0 Å². The Kier molecular flexibility index (Phi) is 2.96. The van der Waals surface area contributed by atoms with Gasteiger partial charge in [-0.3, -0.25) is 4.79 Å². The summed E-state index contributed by atoms with van der Waals surface area (Å²) in [7, 11) is -0.406. The molecule has 0 bridgehead atoms. The Balaban J connectivity index is 1.94. The minimum Gasteiger partial charge on any atom is -0.399 e. The Bertz CT molecular complexity index is 600. The predicted molar refractivity (Wildman–Crippen MR) is 84.0 cm³/mol. The number of hydrogen-bond acceptors (Lipinski definition) is 3. The molecule has 112 valence electrons. The van der Waals surface area contributed by atoms with Crippen LogP contribution in [-0.2, 0) is 15.7 Å². The Morgan fingerprint density at radius 1 is 1.00 bits per heavy atom. The maximum Gasteiger partial charge on any atom is 0.494 e. The first kappa shape index (κ1) is 14.8. The van der Waals surface area contributed by atoms with Crippen LogP contribution in [0.3, 0.4) is 0 Å². The first-order valence-corrected chi connectivity index (χ1v) is 7.57. The third kappa shape index (κ3) is 2.16. The lowest BCUT2D eigenvalue weighted by Crippen LogP contribution is -2.41. The summed E-state index contributed by atoms with van der Waals surface area (Å²) in [5.41, 5.74) is 1.87. The summed E-state index contributed by atoms with van der Waals surface area (Å²) in [5.74, 6) is 0.218. The number of rotatable bonds is 1. The van der Waals surface area contributed by atoms with Crippen LogP contribution in [0.4, 0.5) is 0 Å². The molecular formula is C17H23BO3. The molecule has 2 aliphatic rings. The van der Waals surface area contributed by atoms with E-state index in [1.54, 1.807) is 0 Å². The van der Waals surface area contributed by atoms with Crippen molar-refractivity contribution in [2.45, 2.75) is 59.2 Å². The second kappa shape index (κ2) is 4.20. The van der Waals surface area contributed by atoms with Gasteiger partial charge in [-0.05, 0) is 45.1 Å². The van der Waals surface area contributed by atoms with Crippen LogP contribution in [0.2, 0.25) is 0 Å². The fraction of sp³-hybridized carbons (Fsp3) is 0.588. The third-order valence-corrected chi connectivity index (χ3v) is 5.15. The average Bonchev–Trinajstić information content (AvgIpc) is 2.70. The molecule has 0 amide bonds. The summed E-state index contributed by atoms with van der Waals surface area (Å²) >= 11 is 0.